The van der Waals surface area contributed by atoms with Crippen molar-refractivity contribution in [2.75, 3.05) is 7.11 Å². The van der Waals surface area contributed by atoms with Crippen LogP contribution in [0.3, 0.4) is 0 Å². The van der Waals surface area contributed by atoms with Crippen LogP contribution in [-0.2, 0) is 9.59 Å². The summed E-state index contributed by atoms with van der Waals surface area (Å²) in [5.74, 6) is -2.88. The summed E-state index contributed by atoms with van der Waals surface area (Å²) in [4.78, 5) is 54.4. The lowest BCUT2D eigenvalue weighted by Gasteiger charge is -2.35. The van der Waals surface area contributed by atoms with E-state index in [0.717, 1.165) is 10.0 Å². The van der Waals surface area contributed by atoms with Crippen molar-refractivity contribution >= 4 is 78.6 Å². The molecule has 0 unspecified atom stereocenters. The monoisotopic (exact) mass is 658 g/mol. The summed E-state index contributed by atoms with van der Waals surface area (Å²) in [6, 6.07) is 9.46. The molecule has 4 rings (SSSR count). The minimum atomic E-state index is -1.19. The molecule has 2 fully saturated rings. The van der Waals surface area contributed by atoms with E-state index >= 15 is 0 Å². The van der Waals surface area contributed by atoms with E-state index in [1.165, 1.54) is 32.2 Å². The number of methoxy groups -OCH3 is 1. The molecule has 190 valence electrons. The Morgan fingerprint density at radius 1 is 1.00 bits per heavy atom. The third-order valence-corrected chi connectivity index (χ3v) is 9.88. The molecule has 1 saturated carbocycles. The van der Waals surface area contributed by atoms with Crippen molar-refractivity contribution in [3.8, 4) is 5.75 Å². The van der Waals surface area contributed by atoms with Crippen LogP contribution in [0.5, 0.6) is 5.75 Å². The van der Waals surface area contributed by atoms with Gasteiger partial charge in [0.05, 0.1) is 29.5 Å². The number of halogens is 4. The van der Waals surface area contributed by atoms with Gasteiger partial charge >= 0.3 is 0 Å². The molecule has 2 aliphatic rings. The van der Waals surface area contributed by atoms with Crippen molar-refractivity contribution in [3.63, 3.8) is 0 Å². The number of ketones is 1. The Labute approximate surface area is 235 Å². The first-order valence-electron chi connectivity index (χ1n) is 11.2. The molecular weight excluding hydrogens is 639 g/mol. The Balaban J connectivity index is 1.76. The Morgan fingerprint density at radius 2 is 1.56 bits per heavy atom. The summed E-state index contributed by atoms with van der Waals surface area (Å²) in [5.41, 5.74) is 0.309. The van der Waals surface area contributed by atoms with E-state index in [4.69, 9.17) is 27.9 Å². The van der Waals surface area contributed by atoms with Crippen molar-refractivity contribution in [3.05, 3.63) is 63.6 Å². The van der Waals surface area contributed by atoms with Gasteiger partial charge in [0.15, 0.2) is 5.78 Å². The highest BCUT2D eigenvalue weighted by molar-refractivity contribution is 9.12. The zero-order valence-electron chi connectivity index (χ0n) is 19.3. The number of imide groups is 1. The van der Waals surface area contributed by atoms with E-state index in [1.807, 2.05) is 0 Å². The van der Waals surface area contributed by atoms with Gasteiger partial charge in [-0.1, -0.05) is 55.1 Å². The van der Waals surface area contributed by atoms with E-state index < -0.39 is 41.4 Å². The third-order valence-electron chi connectivity index (χ3n) is 6.59. The van der Waals surface area contributed by atoms with Crippen LogP contribution >= 0.6 is 55.1 Å². The predicted molar refractivity (Wildman–Crippen MR) is 143 cm³/mol. The number of hydrogen-bond donors (Lipinski definition) is 0. The fourth-order valence-electron chi connectivity index (χ4n) is 4.62. The van der Waals surface area contributed by atoms with Gasteiger partial charge in [-0.3, -0.25) is 19.2 Å². The molecule has 2 aromatic carbocycles. The van der Waals surface area contributed by atoms with Crippen LogP contribution in [0.1, 0.15) is 40.5 Å². The van der Waals surface area contributed by atoms with Gasteiger partial charge in [-0.15, -0.1) is 0 Å². The number of rotatable bonds is 6. The van der Waals surface area contributed by atoms with Crippen LogP contribution in [0.15, 0.2) is 42.5 Å². The Morgan fingerprint density at radius 3 is 2.06 bits per heavy atom. The first kappa shape index (κ1) is 27.1. The van der Waals surface area contributed by atoms with Gasteiger partial charge < -0.3 is 4.74 Å². The second kappa shape index (κ2) is 10.8. The minimum absolute atomic E-state index is 0.0105. The number of hydrazine groups is 1. The molecule has 2 aromatic rings. The molecule has 1 heterocycles. The Hall–Kier alpha value is -1.94. The van der Waals surface area contributed by atoms with Crippen molar-refractivity contribution in [1.29, 1.82) is 0 Å². The number of benzene rings is 2. The first-order valence-corrected chi connectivity index (χ1v) is 13.8. The minimum Gasteiger partial charge on any atom is -0.497 e. The third kappa shape index (κ3) is 4.95. The Bertz CT molecular complexity index is 1200. The molecule has 0 aromatic heterocycles. The number of carbonyl (C=O) groups excluding carboxylic acids is 4. The second-order valence-electron chi connectivity index (χ2n) is 8.75. The van der Waals surface area contributed by atoms with Crippen LogP contribution < -0.4 is 4.74 Å². The van der Waals surface area contributed by atoms with Crippen molar-refractivity contribution < 1.29 is 23.9 Å². The number of nitrogens with zero attached hydrogens (tertiary/aromatic N) is 2. The average Bonchev–Trinajstić information content (AvgIpc) is 3.08. The molecule has 1 aliphatic heterocycles. The van der Waals surface area contributed by atoms with Crippen LogP contribution in [0.2, 0.25) is 10.0 Å². The zero-order chi connectivity index (χ0) is 26.3. The lowest BCUT2D eigenvalue weighted by atomic mass is 9.81. The Kier molecular flexibility index (Phi) is 8.14. The molecule has 0 bridgehead atoms. The van der Waals surface area contributed by atoms with E-state index in [1.54, 1.807) is 24.3 Å². The lowest BCUT2D eigenvalue weighted by molar-refractivity contribution is -0.156. The molecule has 0 spiro atoms. The molecule has 1 aliphatic carbocycles. The summed E-state index contributed by atoms with van der Waals surface area (Å²) in [6.45, 7) is 1.48. The number of fused-ring (bicyclic) bond motifs is 1. The van der Waals surface area contributed by atoms with Crippen LogP contribution in [0, 0.1) is 11.8 Å². The second-order valence-corrected chi connectivity index (χ2v) is 11.9. The highest BCUT2D eigenvalue weighted by atomic mass is 79.9. The SMILES string of the molecule is COc1ccc(C(=O)[C@H](C)N(C(=O)c2ccc(Cl)cc2Cl)N2C(=O)[C@@H]3C[C@@H](Br)[C@@H](Br)C[C@H]3C2=O)cc1. The first-order chi connectivity index (χ1) is 17.0. The quantitative estimate of drug-likeness (QED) is 0.231. The number of Topliss-reactive ketones (excluding diaryl/α,β-unsaturated/α-hetero) is 1. The maximum atomic E-state index is 13.8. The number of hydrogen-bond acceptors (Lipinski definition) is 5. The largest absolute Gasteiger partial charge is 0.497 e. The maximum Gasteiger partial charge on any atom is 0.275 e. The van der Waals surface area contributed by atoms with Gasteiger partial charge in [-0.2, -0.15) is 5.01 Å². The summed E-state index contributed by atoms with van der Waals surface area (Å²) < 4.78 is 5.15. The fourth-order valence-corrected chi connectivity index (χ4v) is 6.35. The van der Waals surface area contributed by atoms with Gasteiger partial charge in [0, 0.05) is 20.2 Å². The van der Waals surface area contributed by atoms with Crippen molar-refractivity contribution in [1.82, 2.24) is 10.0 Å². The molecule has 7 nitrogen and oxygen atoms in total. The summed E-state index contributed by atoms with van der Waals surface area (Å²) in [5, 5.41) is 2.15. The molecule has 36 heavy (non-hydrogen) atoms. The number of alkyl halides is 2. The van der Waals surface area contributed by atoms with Crippen LogP contribution in [0.4, 0.5) is 0 Å². The molecule has 1 saturated heterocycles. The van der Waals surface area contributed by atoms with Crippen molar-refractivity contribution in [2.45, 2.75) is 35.5 Å². The van der Waals surface area contributed by atoms with Gasteiger partial charge in [-0.05, 0) is 62.2 Å². The average molecular weight is 661 g/mol. The van der Waals surface area contributed by atoms with Crippen LogP contribution in [0.25, 0.3) is 0 Å². The van der Waals surface area contributed by atoms with Gasteiger partial charge in [-0.25, -0.2) is 5.01 Å². The van der Waals surface area contributed by atoms with Gasteiger partial charge in [0.25, 0.3) is 17.7 Å². The highest BCUT2D eigenvalue weighted by Gasteiger charge is 2.55. The topological polar surface area (TPSA) is 84.0 Å². The molecule has 3 amide bonds. The number of amides is 3. The summed E-state index contributed by atoms with van der Waals surface area (Å²) >= 11 is 19.4. The number of carbonyl (C=O) groups is 4. The fraction of sp³-hybridized carbons (Fsp3) is 0.360. The molecule has 0 N–H and O–H groups in total. The van der Waals surface area contributed by atoms with Gasteiger partial charge in [0.2, 0.25) is 0 Å². The summed E-state index contributed by atoms with van der Waals surface area (Å²) in [7, 11) is 1.51. The van der Waals surface area contributed by atoms with E-state index in [2.05, 4.69) is 31.9 Å². The molecule has 0 radical (unpaired) electrons. The van der Waals surface area contributed by atoms with E-state index in [-0.39, 0.29) is 20.2 Å². The molecule has 5 atom stereocenters. The van der Waals surface area contributed by atoms with E-state index in [9.17, 15) is 19.2 Å². The molecular formula is C25H22Br2Cl2N2O5. The van der Waals surface area contributed by atoms with Crippen molar-refractivity contribution in [2.24, 2.45) is 11.8 Å². The number of ether oxygens (including phenoxy) is 1. The molecule has 11 heteroatoms. The highest BCUT2D eigenvalue weighted by Crippen LogP contribution is 2.44. The lowest BCUT2D eigenvalue weighted by Crippen LogP contribution is -2.56. The standard InChI is InChI=1S/C25H22Br2Cl2N2O5/c1-12(22(32)13-3-6-15(36-2)7-4-13)30(23(33)16-8-5-14(28)9-21(16)29)31-24(34)17-10-19(26)20(27)11-18(17)25(31)35/h3-9,12,17-20H,10-11H2,1-2H3/t12-,17+,18+,19-,20+/m0/s1. The normalized spacial score (nSPS) is 24.3. The maximum absolute atomic E-state index is 13.8. The van der Waals surface area contributed by atoms with Crippen LogP contribution in [-0.4, -0.2) is 56.3 Å². The smallest absolute Gasteiger partial charge is 0.275 e. The summed E-state index contributed by atoms with van der Waals surface area (Å²) in [6.07, 6.45) is 0.846. The van der Waals surface area contributed by atoms with E-state index in [0.29, 0.717) is 29.2 Å². The predicted octanol–water partition coefficient (Wildman–Crippen LogP) is 5.55. The van der Waals surface area contributed by atoms with Gasteiger partial charge in [0.1, 0.15) is 11.8 Å². The zero-order valence-corrected chi connectivity index (χ0v) is 24.0.